The molecule has 1 amide bonds. The van der Waals surface area contributed by atoms with Crippen molar-refractivity contribution in [1.82, 2.24) is 14.3 Å². The van der Waals surface area contributed by atoms with Crippen molar-refractivity contribution in [2.24, 2.45) is 0 Å². The smallest absolute Gasteiger partial charge is 0.260 e. The van der Waals surface area contributed by atoms with Gasteiger partial charge < -0.3 is 9.47 Å². The molecule has 1 saturated heterocycles. The van der Waals surface area contributed by atoms with Crippen molar-refractivity contribution in [3.05, 3.63) is 72.1 Å². The van der Waals surface area contributed by atoms with Crippen LogP contribution in [0.1, 0.15) is 48.7 Å². The van der Waals surface area contributed by atoms with Crippen molar-refractivity contribution in [1.29, 1.82) is 0 Å². The van der Waals surface area contributed by atoms with E-state index in [9.17, 15) is 13.2 Å². The molecule has 0 aliphatic carbocycles. The van der Waals surface area contributed by atoms with Crippen LogP contribution in [0.25, 0.3) is 10.2 Å². The maximum absolute atomic E-state index is 13.9. The Morgan fingerprint density at radius 2 is 1.80 bits per heavy atom. The Labute approximate surface area is 238 Å². The molecule has 4 aromatic rings. The average molecular weight is 581 g/mol. The van der Waals surface area contributed by atoms with E-state index >= 15 is 0 Å². The van der Waals surface area contributed by atoms with E-state index in [0.29, 0.717) is 39.9 Å². The highest BCUT2D eigenvalue weighted by molar-refractivity contribution is 7.89. The first kappa shape index (κ1) is 28.0. The average Bonchev–Trinajstić information content (AvgIpc) is 3.45. The number of aromatic nitrogens is 2. The SMILES string of the molecule is CCC1CCCCN1S(=O)(=O)c1ccc(C(=O)N(Cc2ccccn2)c2nc3c(OC)ccc(OC)c3s2)cc1. The standard InChI is InChI=1S/C29H32N4O5S2/c1-4-22-10-6-8-18-33(22)40(35,36)23-13-11-20(12-14-23)28(34)32(19-21-9-5-7-17-30-21)29-31-26-24(37-2)15-16-25(38-3)27(26)39-29/h5,7,9,11-17,22H,4,6,8,10,18-19H2,1-3H3. The maximum Gasteiger partial charge on any atom is 0.260 e. The molecule has 0 radical (unpaired) electrons. The molecule has 210 valence electrons. The van der Waals surface area contributed by atoms with Gasteiger partial charge >= 0.3 is 0 Å². The third kappa shape index (κ3) is 5.41. The topological polar surface area (TPSA) is 102 Å². The maximum atomic E-state index is 13.9. The highest BCUT2D eigenvalue weighted by atomic mass is 32.2. The van der Waals surface area contributed by atoms with Gasteiger partial charge in [0.25, 0.3) is 5.91 Å². The molecule has 0 spiro atoms. The van der Waals surface area contributed by atoms with Crippen LogP contribution in [-0.4, -0.2) is 55.4 Å². The van der Waals surface area contributed by atoms with Gasteiger partial charge in [0, 0.05) is 24.3 Å². The van der Waals surface area contributed by atoms with Crippen LogP contribution in [0.4, 0.5) is 5.13 Å². The van der Waals surface area contributed by atoms with Gasteiger partial charge in [-0.1, -0.05) is 30.7 Å². The number of ether oxygens (including phenoxy) is 2. The van der Waals surface area contributed by atoms with E-state index in [2.05, 4.69) is 4.98 Å². The Morgan fingerprint density at radius 3 is 2.48 bits per heavy atom. The second-order valence-electron chi connectivity index (χ2n) is 9.55. The number of benzene rings is 2. The normalized spacial score (nSPS) is 16.1. The number of amides is 1. The number of piperidine rings is 1. The monoisotopic (exact) mass is 580 g/mol. The van der Waals surface area contributed by atoms with Crippen molar-refractivity contribution >= 4 is 42.6 Å². The molecular weight excluding hydrogens is 548 g/mol. The number of fused-ring (bicyclic) bond motifs is 1. The lowest BCUT2D eigenvalue weighted by atomic mass is 10.0. The van der Waals surface area contributed by atoms with E-state index in [1.807, 2.05) is 25.1 Å². The number of anilines is 1. The fraction of sp³-hybridized carbons (Fsp3) is 0.345. The lowest BCUT2D eigenvalue weighted by Gasteiger charge is -2.34. The summed E-state index contributed by atoms with van der Waals surface area (Å²) in [5.41, 5.74) is 1.62. The van der Waals surface area contributed by atoms with E-state index in [-0.39, 0.29) is 23.4 Å². The van der Waals surface area contributed by atoms with E-state index in [1.54, 1.807) is 53.9 Å². The minimum absolute atomic E-state index is 0.00180. The van der Waals surface area contributed by atoms with Crippen molar-refractivity contribution in [3.63, 3.8) is 0 Å². The molecule has 11 heteroatoms. The van der Waals surface area contributed by atoms with E-state index in [0.717, 1.165) is 30.4 Å². The van der Waals surface area contributed by atoms with Crippen LogP contribution in [0.15, 0.2) is 65.7 Å². The first-order valence-corrected chi connectivity index (χ1v) is 15.5. The third-order valence-electron chi connectivity index (χ3n) is 7.17. The number of hydrogen-bond acceptors (Lipinski definition) is 8. The molecule has 5 rings (SSSR count). The van der Waals surface area contributed by atoms with Crippen molar-refractivity contribution in [2.75, 3.05) is 25.7 Å². The van der Waals surface area contributed by atoms with Gasteiger partial charge in [0.05, 0.1) is 31.4 Å². The summed E-state index contributed by atoms with van der Waals surface area (Å²) in [7, 11) is -0.507. The summed E-state index contributed by atoms with van der Waals surface area (Å²) in [5.74, 6) is 0.875. The molecule has 0 bridgehead atoms. The summed E-state index contributed by atoms with van der Waals surface area (Å²) in [4.78, 5) is 24.8. The van der Waals surface area contributed by atoms with Crippen LogP contribution in [0, 0.1) is 0 Å². The van der Waals surface area contributed by atoms with Crippen molar-refractivity contribution < 1.29 is 22.7 Å². The number of rotatable bonds is 9. The largest absolute Gasteiger partial charge is 0.495 e. The second-order valence-corrected chi connectivity index (χ2v) is 12.4. The van der Waals surface area contributed by atoms with E-state index in [1.165, 1.54) is 23.5 Å². The van der Waals surface area contributed by atoms with Gasteiger partial charge in [0.1, 0.15) is 21.7 Å². The van der Waals surface area contributed by atoms with Gasteiger partial charge in [0.15, 0.2) is 5.13 Å². The van der Waals surface area contributed by atoms with Gasteiger partial charge in [-0.15, -0.1) is 0 Å². The molecule has 1 fully saturated rings. The van der Waals surface area contributed by atoms with Crippen LogP contribution in [0.2, 0.25) is 0 Å². The van der Waals surface area contributed by atoms with E-state index in [4.69, 9.17) is 14.5 Å². The van der Waals surface area contributed by atoms with Crippen molar-refractivity contribution in [2.45, 2.75) is 50.1 Å². The fourth-order valence-electron chi connectivity index (χ4n) is 5.03. The number of nitrogens with zero attached hydrogens (tertiary/aromatic N) is 4. The van der Waals surface area contributed by atoms with Gasteiger partial charge in [-0.25, -0.2) is 13.4 Å². The molecule has 1 aliphatic heterocycles. The Balaban J connectivity index is 1.51. The Morgan fingerprint density at radius 1 is 1.05 bits per heavy atom. The number of carbonyl (C=O) groups is 1. The second kappa shape index (κ2) is 11.9. The van der Waals surface area contributed by atoms with Crippen LogP contribution < -0.4 is 14.4 Å². The Bertz CT molecular complexity index is 1550. The molecule has 0 N–H and O–H groups in total. The molecule has 1 aliphatic rings. The number of pyridine rings is 1. The fourth-order valence-corrected chi connectivity index (χ4v) is 7.87. The summed E-state index contributed by atoms with van der Waals surface area (Å²) in [5, 5.41) is 0.448. The molecule has 1 atom stereocenters. The molecule has 2 aromatic heterocycles. The lowest BCUT2D eigenvalue weighted by Crippen LogP contribution is -2.43. The minimum atomic E-state index is -3.66. The number of thiazole rings is 1. The summed E-state index contributed by atoms with van der Waals surface area (Å²) >= 11 is 1.32. The van der Waals surface area contributed by atoms with Gasteiger partial charge in [-0.05, 0) is 67.8 Å². The predicted molar refractivity (Wildman–Crippen MR) is 156 cm³/mol. The summed E-state index contributed by atoms with van der Waals surface area (Å²) in [6, 6.07) is 15.3. The Kier molecular flexibility index (Phi) is 8.34. The zero-order valence-electron chi connectivity index (χ0n) is 22.7. The Hall–Kier alpha value is -3.54. The zero-order valence-corrected chi connectivity index (χ0v) is 24.4. The number of methoxy groups -OCH3 is 2. The number of sulfonamides is 1. The highest BCUT2D eigenvalue weighted by Gasteiger charge is 2.33. The van der Waals surface area contributed by atoms with Crippen LogP contribution in [0.3, 0.4) is 0 Å². The molecule has 1 unspecified atom stereocenters. The van der Waals surface area contributed by atoms with Gasteiger partial charge in [0.2, 0.25) is 10.0 Å². The number of hydrogen-bond donors (Lipinski definition) is 0. The molecular formula is C29H32N4O5S2. The molecule has 9 nitrogen and oxygen atoms in total. The molecule has 2 aromatic carbocycles. The van der Waals surface area contributed by atoms with Crippen LogP contribution in [0.5, 0.6) is 11.5 Å². The zero-order chi connectivity index (χ0) is 28.3. The predicted octanol–water partition coefficient (Wildman–Crippen LogP) is 5.51. The quantitative estimate of drug-likeness (QED) is 0.257. The van der Waals surface area contributed by atoms with Crippen LogP contribution >= 0.6 is 11.3 Å². The molecule has 3 heterocycles. The van der Waals surface area contributed by atoms with Crippen molar-refractivity contribution in [3.8, 4) is 11.5 Å². The summed E-state index contributed by atoms with van der Waals surface area (Å²) in [6.07, 6.45) is 5.20. The summed E-state index contributed by atoms with van der Waals surface area (Å²) < 4.78 is 40.3. The third-order valence-corrected chi connectivity index (χ3v) is 10.2. The molecule has 40 heavy (non-hydrogen) atoms. The first-order chi connectivity index (χ1) is 19.4. The van der Waals surface area contributed by atoms with Crippen LogP contribution in [-0.2, 0) is 16.6 Å². The molecule has 0 saturated carbocycles. The first-order valence-electron chi connectivity index (χ1n) is 13.2. The van der Waals surface area contributed by atoms with E-state index < -0.39 is 10.0 Å². The minimum Gasteiger partial charge on any atom is -0.495 e. The van der Waals surface area contributed by atoms with Gasteiger partial charge in [-0.2, -0.15) is 4.31 Å². The number of carbonyl (C=O) groups excluding carboxylic acids is 1. The van der Waals surface area contributed by atoms with Gasteiger partial charge in [-0.3, -0.25) is 14.7 Å². The highest BCUT2D eigenvalue weighted by Crippen LogP contribution is 2.40. The summed E-state index contributed by atoms with van der Waals surface area (Å²) in [6.45, 7) is 2.71. The lowest BCUT2D eigenvalue weighted by molar-refractivity contribution is 0.0984.